The highest BCUT2D eigenvalue weighted by Crippen LogP contribution is 2.64. The molecule has 3 aliphatic rings. The van der Waals surface area contributed by atoms with E-state index in [2.05, 4.69) is 74.6 Å². The van der Waals surface area contributed by atoms with Crippen molar-refractivity contribution in [1.29, 1.82) is 0 Å². The lowest BCUT2D eigenvalue weighted by molar-refractivity contribution is 0.206. The Bertz CT molecular complexity index is 773. The molecule has 0 heterocycles. The van der Waals surface area contributed by atoms with Crippen molar-refractivity contribution in [1.82, 2.24) is 0 Å². The summed E-state index contributed by atoms with van der Waals surface area (Å²) in [5.74, 6) is 0. The third-order valence-corrected chi connectivity index (χ3v) is 5.37. The van der Waals surface area contributed by atoms with Gasteiger partial charge in [-0.3, -0.25) is 0 Å². The molecule has 0 nitrogen and oxygen atoms in total. The summed E-state index contributed by atoms with van der Waals surface area (Å²) in [6.07, 6.45) is 15.3. The first-order chi connectivity index (χ1) is 9.19. The quantitative estimate of drug-likeness (QED) is 0.714. The molecule has 0 fully saturated rings. The van der Waals surface area contributed by atoms with Crippen molar-refractivity contribution in [3.8, 4) is 0 Å². The van der Waals surface area contributed by atoms with Crippen LogP contribution in [0.4, 0.5) is 0 Å². The van der Waals surface area contributed by atoms with E-state index in [1.54, 1.807) is 0 Å². The Morgan fingerprint density at radius 1 is 1.00 bits per heavy atom. The second-order valence-electron chi connectivity index (χ2n) is 6.02. The minimum atomic E-state index is 0.162. The van der Waals surface area contributed by atoms with Crippen LogP contribution in [-0.2, 0) is 0 Å². The van der Waals surface area contributed by atoms with Gasteiger partial charge in [-0.2, -0.15) is 0 Å². The number of fused-ring (bicyclic) bond motifs is 1. The van der Waals surface area contributed by atoms with Gasteiger partial charge in [0.25, 0.3) is 0 Å². The van der Waals surface area contributed by atoms with Gasteiger partial charge < -0.3 is 0 Å². The van der Waals surface area contributed by atoms with Crippen molar-refractivity contribution >= 4 is 12.2 Å². The van der Waals surface area contributed by atoms with E-state index in [9.17, 15) is 0 Å². The summed E-state index contributed by atoms with van der Waals surface area (Å²) in [6, 6.07) is 8.68. The lowest BCUT2D eigenvalue weighted by atomic mass is 9.46. The first-order valence-electron chi connectivity index (χ1n) is 7.11. The summed E-state index contributed by atoms with van der Waals surface area (Å²) in [6.45, 7) is 4.70. The van der Waals surface area contributed by atoms with Gasteiger partial charge in [0.05, 0.1) is 0 Å². The van der Waals surface area contributed by atoms with Crippen LogP contribution in [0.15, 0.2) is 59.7 Å². The molecule has 2 atom stereocenters. The van der Waals surface area contributed by atoms with Crippen LogP contribution < -0.4 is 10.4 Å². The van der Waals surface area contributed by atoms with Gasteiger partial charge in [-0.25, -0.2) is 0 Å². The SMILES string of the molecule is CCC12C=CC=C3C=c4ccccc4=CC(=C1)C32C. The van der Waals surface area contributed by atoms with E-state index < -0.39 is 0 Å². The smallest absolute Gasteiger partial charge is 0.0297 e. The molecule has 1 aromatic carbocycles. The molecule has 0 aromatic heterocycles. The molecule has 19 heavy (non-hydrogen) atoms. The molecule has 0 radical (unpaired) electrons. The molecule has 0 amide bonds. The average molecular weight is 246 g/mol. The maximum absolute atomic E-state index is 2.46. The minimum absolute atomic E-state index is 0.162. The lowest BCUT2D eigenvalue weighted by Gasteiger charge is -2.56. The zero-order valence-corrected chi connectivity index (χ0v) is 11.5. The highest BCUT2D eigenvalue weighted by Gasteiger charge is 2.55. The molecule has 1 aromatic rings. The van der Waals surface area contributed by atoms with E-state index in [1.807, 2.05) is 0 Å². The van der Waals surface area contributed by atoms with Crippen LogP contribution in [0, 0.1) is 10.8 Å². The van der Waals surface area contributed by atoms with E-state index in [1.165, 1.54) is 28.0 Å². The zero-order valence-electron chi connectivity index (χ0n) is 11.5. The van der Waals surface area contributed by atoms with Crippen LogP contribution in [0.5, 0.6) is 0 Å². The number of hydrogen-bond acceptors (Lipinski definition) is 0. The molecule has 0 saturated heterocycles. The molecule has 0 saturated carbocycles. The topological polar surface area (TPSA) is 0 Å². The van der Waals surface area contributed by atoms with Crippen LogP contribution in [0.2, 0.25) is 0 Å². The number of hydrogen-bond donors (Lipinski definition) is 0. The summed E-state index contributed by atoms with van der Waals surface area (Å²) in [5, 5.41) is 2.68. The summed E-state index contributed by atoms with van der Waals surface area (Å²) in [7, 11) is 0. The molecule has 2 unspecified atom stereocenters. The predicted molar refractivity (Wildman–Crippen MR) is 80.8 cm³/mol. The summed E-state index contributed by atoms with van der Waals surface area (Å²) in [5.41, 5.74) is 3.32. The summed E-state index contributed by atoms with van der Waals surface area (Å²) >= 11 is 0. The maximum Gasteiger partial charge on any atom is 0.0297 e. The number of benzene rings is 1. The highest BCUT2D eigenvalue weighted by atomic mass is 14.6. The van der Waals surface area contributed by atoms with Gasteiger partial charge in [0.2, 0.25) is 0 Å². The van der Waals surface area contributed by atoms with Crippen LogP contribution in [0.25, 0.3) is 12.2 Å². The minimum Gasteiger partial charge on any atom is -0.0733 e. The fourth-order valence-corrected chi connectivity index (χ4v) is 3.96. The Balaban J connectivity index is 2.11. The Kier molecular flexibility index (Phi) is 1.97. The second-order valence-corrected chi connectivity index (χ2v) is 6.02. The fourth-order valence-electron chi connectivity index (χ4n) is 3.96. The Labute approximate surface area is 114 Å². The van der Waals surface area contributed by atoms with Gasteiger partial charge in [-0.1, -0.05) is 74.6 Å². The molecular formula is C19H18. The second kappa shape index (κ2) is 3.39. The molecule has 0 N–H and O–H groups in total. The first kappa shape index (κ1) is 11.0. The van der Waals surface area contributed by atoms with Gasteiger partial charge in [0.1, 0.15) is 0 Å². The standard InChI is InChI=1S/C19H18/c1-3-19-10-6-9-16-11-14-7-4-5-8-15(14)12-17(13-19)18(16,19)2/h4-13H,3H2,1-2H3. The van der Waals surface area contributed by atoms with Gasteiger partial charge in [0.15, 0.2) is 0 Å². The highest BCUT2D eigenvalue weighted by molar-refractivity contribution is 5.73. The summed E-state index contributed by atoms with van der Waals surface area (Å²) in [4.78, 5) is 0. The fraction of sp³-hybridized carbons (Fsp3) is 0.263. The number of allylic oxidation sites excluding steroid dienone is 6. The van der Waals surface area contributed by atoms with E-state index in [4.69, 9.17) is 0 Å². The third-order valence-electron chi connectivity index (χ3n) is 5.37. The predicted octanol–water partition coefficient (Wildman–Crippen LogP) is 3.10. The maximum atomic E-state index is 2.46. The summed E-state index contributed by atoms with van der Waals surface area (Å²) < 4.78 is 0. The van der Waals surface area contributed by atoms with Crippen molar-refractivity contribution in [2.24, 2.45) is 10.8 Å². The van der Waals surface area contributed by atoms with Crippen molar-refractivity contribution < 1.29 is 0 Å². The zero-order chi connectivity index (χ0) is 13.1. The normalized spacial score (nSPS) is 33.6. The van der Waals surface area contributed by atoms with Gasteiger partial charge >= 0.3 is 0 Å². The molecule has 0 spiro atoms. The van der Waals surface area contributed by atoms with Crippen molar-refractivity contribution in [3.05, 3.63) is 70.2 Å². The molecule has 4 rings (SSSR count). The molecule has 3 aliphatic carbocycles. The third kappa shape index (κ3) is 1.15. The Morgan fingerprint density at radius 3 is 2.37 bits per heavy atom. The van der Waals surface area contributed by atoms with Crippen molar-refractivity contribution in [2.45, 2.75) is 20.3 Å². The largest absolute Gasteiger partial charge is 0.0733 e. The van der Waals surface area contributed by atoms with Crippen molar-refractivity contribution in [3.63, 3.8) is 0 Å². The van der Waals surface area contributed by atoms with Crippen LogP contribution in [-0.4, -0.2) is 0 Å². The lowest BCUT2D eigenvalue weighted by Crippen LogP contribution is -2.47. The average Bonchev–Trinajstić information content (AvgIpc) is 2.55. The van der Waals surface area contributed by atoms with Crippen LogP contribution in [0.1, 0.15) is 20.3 Å². The van der Waals surface area contributed by atoms with Gasteiger partial charge in [0, 0.05) is 10.8 Å². The molecule has 0 heteroatoms. The molecule has 0 bridgehead atoms. The number of rotatable bonds is 1. The Morgan fingerprint density at radius 2 is 1.68 bits per heavy atom. The molecule has 0 aliphatic heterocycles. The van der Waals surface area contributed by atoms with E-state index in [-0.39, 0.29) is 10.8 Å². The van der Waals surface area contributed by atoms with Gasteiger partial charge in [-0.05, 0) is 28.0 Å². The van der Waals surface area contributed by atoms with E-state index in [0.717, 1.165) is 0 Å². The van der Waals surface area contributed by atoms with E-state index in [0.29, 0.717) is 0 Å². The first-order valence-corrected chi connectivity index (χ1v) is 7.11. The monoisotopic (exact) mass is 246 g/mol. The van der Waals surface area contributed by atoms with E-state index >= 15 is 0 Å². The molecular weight excluding hydrogens is 228 g/mol. The van der Waals surface area contributed by atoms with Crippen molar-refractivity contribution in [2.75, 3.05) is 0 Å². The van der Waals surface area contributed by atoms with Gasteiger partial charge in [-0.15, -0.1) is 0 Å². The van der Waals surface area contributed by atoms with Crippen LogP contribution >= 0.6 is 0 Å². The Hall–Kier alpha value is -1.82. The van der Waals surface area contributed by atoms with Crippen LogP contribution in [0.3, 0.4) is 0 Å². The molecule has 94 valence electrons.